The van der Waals surface area contributed by atoms with Crippen molar-refractivity contribution in [2.24, 2.45) is 5.73 Å². The molecule has 14 heavy (non-hydrogen) atoms. The van der Waals surface area contributed by atoms with E-state index < -0.39 is 0 Å². The van der Waals surface area contributed by atoms with Gasteiger partial charge in [-0.05, 0) is 0 Å². The highest BCUT2D eigenvalue weighted by Gasteiger charge is 1.97. The van der Waals surface area contributed by atoms with E-state index in [2.05, 4.69) is 16.3 Å². The lowest BCUT2D eigenvalue weighted by molar-refractivity contribution is 0.663. The van der Waals surface area contributed by atoms with E-state index in [1.165, 1.54) is 10.7 Å². The highest BCUT2D eigenvalue weighted by atomic mass is 16.1. The molecule has 1 aromatic rings. The molecule has 5 nitrogen and oxygen atoms in total. The van der Waals surface area contributed by atoms with Gasteiger partial charge in [0.05, 0.1) is 11.9 Å². The molecule has 1 heterocycles. The Kier molecular flexibility index (Phi) is 3.70. The monoisotopic (exact) mass is 192 g/mol. The van der Waals surface area contributed by atoms with Gasteiger partial charge in [0.1, 0.15) is 6.54 Å². The third-order valence-electron chi connectivity index (χ3n) is 1.58. The Morgan fingerprint density at radius 2 is 2.50 bits per heavy atom. The standard InChI is InChI=1S/C9H12N4O/c1-2-5-13-9(14)6-8(7-12-13)11-4-3-10/h1,6-7,11H,3-5,10H2. The molecular weight excluding hydrogens is 180 g/mol. The summed E-state index contributed by atoms with van der Waals surface area (Å²) in [5, 5.41) is 6.83. The van der Waals surface area contributed by atoms with Crippen molar-refractivity contribution in [3.05, 3.63) is 22.6 Å². The molecule has 5 heteroatoms. The molecule has 0 saturated heterocycles. The van der Waals surface area contributed by atoms with Crippen LogP contribution in [-0.2, 0) is 6.54 Å². The van der Waals surface area contributed by atoms with Crippen molar-refractivity contribution in [1.82, 2.24) is 9.78 Å². The highest BCUT2D eigenvalue weighted by Crippen LogP contribution is 1.97. The van der Waals surface area contributed by atoms with Gasteiger partial charge in [0, 0.05) is 19.2 Å². The van der Waals surface area contributed by atoms with Crippen molar-refractivity contribution >= 4 is 5.69 Å². The smallest absolute Gasteiger partial charge is 0.269 e. The first-order valence-corrected chi connectivity index (χ1v) is 4.22. The molecule has 0 atom stereocenters. The quantitative estimate of drug-likeness (QED) is 0.615. The predicted molar refractivity (Wildman–Crippen MR) is 54.9 cm³/mol. The van der Waals surface area contributed by atoms with E-state index in [1.807, 2.05) is 0 Å². The summed E-state index contributed by atoms with van der Waals surface area (Å²) < 4.78 is 1.22. The maximum atomic E-state index is 11.3. The summed E-state index contributed by atoms with van der Waals surface area (Å²) in [6, 6.07) is 1.44. The maximum absolute atomic E-state index is 11.3. The number of nitrogens with one attached hydrogen (secondary N) is 1. The van der Waals surface area contributed by atoms with E-state index in [-0.39, 0.29) is 12.1 Å². The molecule has 0 spiro atoms. The van der Waals surface area contributed by atoms with Crippen LogP contribution in [-0.4, -0.2) is 22.9 Å². The maximum Gasteiger partial charge on any atom is 0.269 e. The fourth-order valence-electron chi connectivity index (χ4n) is 0.952. The molecular formula is C9H12N4O. The van der Waals surface area contributed by atoms with Crippen molar-refractivity contribution in [3.8, 4) is 12.3 Å². The lowest BCUT2D eigenvalue weighted by Gasteiger charge is -2.04. The number of rotatable bonds is 4. The minimum absolute atomic E-state index is 0.190. The number of aromatic nitrogens is 2. The van der Waals surface area contributed by atoms with Crippen LogP contribution in [0.25, 0.3) is 0 Å². The van der Waals surface area contributed by atoms with E-state index in [9.17, 15) is 4.79 Å². The third kappa shape index (κ3) is 2.61. The first-order valence-electron chi connectivity index (χ1n) is 4.22. The van der Waals surface area contributed by atoms with E-state index in [4.69, 9.17) is 12.2 Å². The third-order valence-corrected chi connectivity index (χ3v) is 1.58. The van der Waals surface area contributed by atoms with Crippen LogP contribution in [0.1, 0.15) is 0 Å². The van der Waals surface area contributed by atoms with E-state index in [0.29, 0.717) is 18.8 Å². The summed E-state index contributed by atoms with van der Waals surface area (Å²) in [7, 11) is 0. The average Bonchev–Trinajstić information content (AvgIpc) is 2.19. The molecule has 0 amide bonds. The van der Waals surface area contributed by atoms with Crippen LogP contribution in [0, 0.1) is 12.3 Å². The summed E-state index contributed by atoms with van der Waals surface area (Å²) >= 11 is 0. The Morgan fingerprint density at radius 1 is 1.71 bits per heavy atom. The largest absolute Gasteiger partial charge is 0.382 e. The van der Waals surface area contributed by atoms with E-state index in [1.54, 1.807) is 6.20 Å². The molecule has 0 aliphatic carbocycles. The lowest BCUT2D eigenvalue weighted by Crippen LogP contribution is -2.23. The summed E-state index contributed by atoms with van der Waals surface area (Å²) in [5.74, 6) is 2.35. The van der Waals surface area contributed by atoms with Gasteiger partial charge in [0.25, 0.3) is 5.56 Å². The van der Waals surface area contributed by atoms with E-state index in [0.717, 1.165) is 0 Å². The average molecular weight is 192 g/mol. The normalized spacial score (nSPS) is 9.43. The van der Waals surface area contributed by atoms with Crippen LogP contribution < -0.4 is 16.6 Å². The number of hydrogen-bond acceptors (Lipinski definition) is 4. The molecule has 0 aromatic carbocycles. The summed E-state index contributed by atoms with van der Waals surface area (Å²) in [5.41, 5.74) is 5.74. The molecule has 0 saturated carbocycles. The SMILES string of the molecule is C#CCn1ncc(NCCN)cc1=O. The van der Waals surface area contributed by atoms with Crippen LogP contribution in [0.2, 0.25) is 0 Å². The summed E-state index contributed by atoms with van der Waals surface area (Å²) in [4.78, 5) is 11.3. The van der Waals surface area contributed by atoms with Crippen molar-refractivity contribution in [2.45, 2.75) is 6.54 Å². The Balaban J connectivity index is 2.80. The molecule has 74 valence electrons. The van der Waals surface area contributed by atoms with Crippen LogP contribution >= 0.6 is 0 Å². The zero-order valence-corrected chi connectivity index (χ0v) is 7.73. The second-order valence-electron chi connectivity index (χ2n) is 2.66. The van der Waals surface area contributed by atoms with Crippen molar-refractivity contribution in [1.29, 1.82) is 0 Å². The van der Waals surface area contributed by atoms with Gasteiger partial charge in [-0.3, -0.25) is 4.79 Å². The number of terminal acetylenes is 1. The minimum Gasteiger partial charge on any atom is -0.382 e. The van der Waals surface area contributed by atoms with Crippen LogP contribution in [0.3, 0.4) is 0 Å². The zero-order chi connectivity index (χ0) is 10.4. The first kappa shape index (κ1) is 10.3. The van der Waals surface area contributed by atoms with Crippen molar-refractivity contribution in [3.63, 3.8) is 0 Å². The zero-order valence-electron chi connectivity index (χ0n) is 7.73. The Hall–Kier alpha value is -1.80. The molecule has 3 N–H and O–H groups in total. The van der Waals surface area contributed by atoms with E-state index >= 15 is 0 Å². The van der Waals surface area contributed by atoms with Gasteiger partial charge < -0.3 is 11.1 Å². The molecule has 0 aliphatic rings. The molecule has 0 bridgehead atoms. The van der Waals surface area contributed by atoms with Crippen LogP contribution in [0.4, 0.5) is 5.69 Å². The minimum atomic E-state index is -0.218. The number of nitrogens with zero attached hydrogens (tertiary/aromatic N) is 2. The predicted octanol–water partition coefficient (Wildman–Crippen LogP) is -0.753. The molecule has 0 radical (unpaired) electrons. The van der Waals surface area contributed by atoms with Gasteiger partial charge in [-0.15, -0.1) is 6.42 Å². The number of hydrogen-bond donors (Lipinski definition) is 2. The molecule has 0 fully saturated rings. The van der Waals surface area contributed by atoms with Crippen molar-refractivity contribution < 1.29 is 0 Å². The Morgan fingerprint density at radius 3 is 3.07 bits per heavy atom. The number of nitrogens with two attached hydrogens (primary N) is 1. The van der Waals surface area contributed by atoms with Gasteiger partial charge in [-0.2, -0.15) is 5.10 Å². The van der Waals surface area contributed by atoms with Gasteiger partial charge in [0.15, 0.2) is 0 Å². The van der Waals surface area contributed by atoms with Crippen molar-refractivity contribution in [2.75, 3.05) is 18.4 Å². The fourth-order valence-corrected chi connectivity index (χ4v) is 0.952. The molecule has 1 aromatic heterocycles. The highest BCUT2D eigenvalue weighted by molar-refractivity contribution is 5.38. The molecule has 0 unspecified atom stereocenters. The summed E-state index contributed by atoms with van der Waals surface area (Å²) in [6.07, 6.45) is 6.62. The summed E-state index contributed by atoms with van der Waals surface area (Å²) in [6.45, 7) is 1.31. The van der Waals surface area contributed by atoms with Gasteiger partial charge in [-0.1, -0.05) is 5.92 Å². The lowest BCUT2D eigenvalue weighted by atomic mass is 10.4. The Bertz CT molecular complexity index is 391. The molecule has 0 aliphatic heterocycles. The van der Waals surface area contributed by atoms with Gasteiger partial charge in [-0.25, -0.2) is 4.68 Å². The van der Waals surface area contributed by atoms with Gasteiger partial charge in [0.2, 0.25) is 0 Å². The fraction of sp³-hybridized carbons (Fsp3) is 0.333. The Labute approximate surface area is 81.9 Å². The second kappa shape index (κ2) is 5.04. The first-order chi connectivity index (χ1) is 6.77. The second-order valence-corrected chi connectivity index (χ2v) is 2.66. The number of anilines is 1. The molecule has 1 rings (SSSR count). The van der Waals surface area contributed by atoms with Crippen LogP contribution in [0.15, 0.2) is 17.1 Å². The van der Waals surface area contributed by atoms with Crippen LogP contribution in [0.5, 0.6) is 0 Å². The topological polar surface area (TPSA) is 72.9 Å². The van der Waals surface area contributed by atoms with Gasteiger partial charge >= 0.3 is 0 Å².